The third-order valence-corrected chi connectivity index (χ3v) is 7.50. The zero-order valence-electron chi connectivity index (χ0n) is 23.5. The number of hydrogen-bond acceptors (Lipinski definition) is 4. The van der Waals surface area contributed by atoms with Crippen molar-refractivity contribution in [2.75, 3.05) is 6.61 Å². The summed E-state index contributed by atoms with van der Waals surface area (Å²) < 4.78 is 13.9. The number of halogens is 3. The van der Waals surface area contributed by atoms with Crippen LogP contribution in [-0.2, 0) is 6.61 Å². The molecule has 0 saturated heterocycles. The van der Waals surface area contributed by atoms with Crippen LogP contribution in [0.25, 0.3) is 16.9 Å². The number of carbonyl (C=O) groups is 1. The van der Waals surface area contributed by atoms with Gasteiger partial charge in [-0.25, -0.2) is 5.43 Å². The predicted molar refractivity (Wildman–Crippen MR) is 174 cm³/mol. The first-order valence-corrected chi connectivity index (χ1v) is 14.7. The molecule has 9 heteroatoms. The van der Waals surface area contributed by atoms with Crippen LogP contribution in [0.2, 0.25) is 15.1 Å². The highest BCUT2D eigenvalue weighted by Crippen LogP contribution is 2.37. The fourth-order valence-corrected chi connectivity index (χ4v) is 5.30. The molecule has 43 heavy (non-hydrogen) atoms. The summed E-state index contributed by atoms with van der Waals surface area (Å²) in [4.78, 5) is 12.8. The standard InChI is InChI=1S/C34H28Cl3N3O3/c1-3-42-32-18-23(17-30(37)33(32)43-21-26-10-13-27(35)19-29(26)36)20-38-39-34(41)25-11-14-28(15-12-25)40-22(2)9-16-31(40)24-7-5-4-6-8-24/h4-20H,3,21H2,1-2H3,(H,39,41)/b38-20+. The molecule has 0 bridgehead atoms. The van der Waals surface area contributed by atoms with Gasteiger partial charge in [-0.2, -0.15) is 5.10 Å². The highest BCUT2D eigenvalue weighted by molar-refractivity contribution is 6.35. The van der Waals surface area contributed by atoms with Crippen molar-refractivity contribution in [2.24, 2.45) is 5.10 Å². The molecule has 1 aromatic heterocycles. The van der Waals surface area contributed by atoms with E-state index >= 15 is 0 Å². The van der Waals surface area contributed by atoms with Crippen LogP contribution in [-0.4, -0.2) is 23.3 Å². The number of ether oxygens (including phenoxy) is 2. The fraction of sp³-hybridized carbons (Fsp3) is 0.118. The van der Waals surface area contributed by atoms with Crippen molar-refractivity contribution < 1.29 is 14.3 Å². The highest BCUT2D eigenvalue weighted by atomic mass is 35.5. The lowest BCUT2D eigenvalue weighted by molar-refractivity contribution is 0.0955. The Bertz CT molecular complexity index is 1770. The summed E-state index contributed by atoms with van der Waals surface area (Å²) in [5.41, 5.74) is 8.68. The van der Waals surface area contributed by atoms with E-state index in [-0.39, 0.29) is 12.5 Å². The molecule has 0 fully saturated rings. The van der Waals surface area contributed by atoms with E-state index < -0.39 is 0 Å². The van der Waals surface area contributed by atoms with Crippen molar-refractivity contribution in [1.29, 1.82) is 0 Å². The lowest BCUT2D eigenvalue weighted by atomic mass is 10.1. The third kappa shape index (κ3) is 7.23. The Kier molecular flexibility index (Phi) is 9.72. The van der Waals surface area contributed by atoms with Crippen LogP contribution in [0.4, 0.5) is 0 Å². The lowest BCUT2D eigenvalue weighted by Crippen LogP contribution is -2.17. The zero-order valence-corrected chi connectivity index (χ0v) is 25.8. The molecule has 5 rings (SSSR count). The van der Waals surface area contributed by atoms with E-state index in [2.05, 4.69) is 46.3 Å². The van der Waals surface area contributed by atoms with Crippen molar-refractivity contribution in [3.05, 3.63) is 135 Å². The van der Waals surface area contributed by atoms with Crippen LogP contribution in [0.3, 0.4) is 0 Å². The maximum atomic E-state index is 12.8. The maximum absolute atomic E-state index is 12.8. The normalized spacial score (nSPS) is 11.1. The highest BCUT2D eigenvalue weighted by Gasteiger charge is 2.14. The molecular weight excluding hydrogens is 605 g/mol. The number of hydrogen-bond donors (Lipinski definition) is 1. The minimum Gasteiger partial charge on any atom is -0.490 e. The Morgan fingerprint density at radius 3 is 2.37 bits per heavy atom. The predicted octanol–water partition coefficient (Wildman–Crippen LogP) is 9.15. The van der Waals surface area contributed by atoms with Crippen LogP contribution in [0.5, 0.6) is 11.5 Å². The second-order valence-corrected chi connectivity index (χ2v) is 10.8. The molecule has 1 heterocycles. The van der Waals surface area contributed by atoms with Gasteiger partial charge >= 0.3 is 0 Å². The van der Waals surface area contributed by atoms with Gasteiger partial charge in [0.1, 0.15) is 6.61 Å². The number of hydrazone groups is 1. The smallest absolute Gasteiger partial charge is 0.271 e. The van der Waals surface area contributed by atoms with Gasteiger partial charge in [0.2, 0.25) is 0 Å². The molecule has 0 atom stereocenters. The van der Waals surface area contributed by atoms with Gasteiger partial charge in [-0.3, -0.25) is 4.79 Å². The van der Waals surface area contributed by atoms with Gasteiger partial charge in [0.05, 0.1) is 23.5 Å². The van der Waals surface area contributed by atoms with E-state index in [4.69, 9.17) is 44.3 Å². The van der Waals surface area contributed by atoms with Crippen molar-refractivity contribution in [3.8, 4) is 28.4 Å². The van der Waals surface area contributed by atoms with Crippen molar-refractivity contribution in [3.63, 3.8) is 0 Å². The number of nitrogens with zero attached hydrogens (tertiary/aromatic N) is 2. The molecule has 218 valence electrons. The number of amides is 1. The average Bonchev–Trinajstić information content (AvgIpc) is 3.39. The molecule has 1 N–H and O–H groups in total. The van der Waals surface area contributed by atoms with Crippen LogP contribution < -0.4 is 14.9 Å². The summed E-state index contributed by atoms with van der Waals surface area (Å²) >= 11 is 18.8. The molecule has 4 aromatic carbocycles. The summed E-state index contributed by atoms with van der Waals surface area (Å²) in [6, 6.07) is 30.3. The number of benzene rings is 4. The molecule has 0 aliphatic rings. The van der Waals surface area contributed by atoms with E-state index in [1.54, 1.807) is 42.5 Å². The molecule has 0 aliphatic heterocycles. The average molecular weight is 633 g/mol. The van der Waals surface area contributed by atoms with E-state index in [1.165, 1.54) is 6.21 Å². The van der Waals surface area contributed by atoms with E-state index in [9.17, 15) is 4.79 Å². The van der Waals surface area contributed by atoms with Gasteiger partial charge in [0.25, 0.3) is 5.91 Å². The number of carbonyl (C=O) groups excluding carboxylic acids is 1. The van der Waals surface area contributed by atoms with Crippen LogP contribution >= 0.6 is 34.8 Å². The number of nitrogens with one attached hydrogen (secondary N) is 1. The van der Waals surface area contributed by atoms with Gasteiger partial charge in [-0.15, -0.1) is 0 Å². The van der Waals surface area contributed by atoms with Crippen LogP contribution in [0.15, 0.2) is 102 Å². The van der Waals surface area contributed by atoms with Crippen molar-refractivity contribution >= 4 is 46.9 Å². The van der Waals surface area contributed by atoms with Gasteiger partial charge in [0.15, 0.2) is 11.5 Å². The SMILES string of the molecule is CCOc1cc(/C=N/NC(=O)c2ccc(-n3c(C)ccc3-c3ccccc3)cc2)cc(Cl)c1OCc1ccc(Cl)cc1Cl. The van der Waals surface area contributed by atoms with Crippen LogP contribution in [0.1, 0.15) is 34.1 Å². The minimum atomic E-state index is -0.341. The van der Waals surface area contributed by atoms with Gasteiger partial charge in [0, 0.05) is 32.6 Å². The topological polar surface area (TPSA) is 64.8 Å². The first-order chi connectivity index (χ1) is 20.8. The number of aromatic nitrogens is 1. The Labute approximate surface area is 265 Å². The number of aryl methyl sites for hydroxylation is 1. The summed E-state index contributed by atoms with van der Waals surface area (Å²) in [7, 11) is 0. The van der Waals surface area contributed by atoms with E-state index in [0.29, 0.717) is 44.3 Å². The first-order valence-electron chi connectivity index (χ1n) is 13.5. The Morgan fingerprint density at radius 1 is 0.884 bits per heavy atom. The van der Waals surface area contributed by atoms with E-state index in [1.807, 2.05) is 37.3 Å². The van der Waals surface area contributed by atoms with E-state index in [0.717, 1.165) is 28.2 Å². The summed E-state index contributed by atoms with van der Waals surface area (Å²) in [5, 5.41) is 5.49. The largest absolute Gasteiger partial charge is 0.490 e. The molecule has 0 spiro atoms. The quantitative estimate of drug-likeness (QED) is 0.123. The first kappa shape index (κ1) is 30.2. The van der Waals surface area contributed by atoms with Gasteiger partial charge in [-0.05, 0) is 85.6 Å². The molecule has 5 aromatic rings. The van der Waals surface area contributed by atoms with Crippen molar-refractivity contribution in [2.45, 2.75) is 20.5 Å². The molecular formula is C34H28Cl3N3O3. The zero-order chi connectivity index (χ0) is 30.3. The Balaban J connectivity index is 1.27. The fourth-order valence-electron chi connectivity index (χ4n) is 4.56. The molecule has 1 amide bonds. The Hall–Kier alpha value is -4.23. The lowest BCUT2D eigenvalue weighted by Gasteiger charge is -2.15. The van der Waals surface area contributed by atoms with Crippen molar-refractivity contribution in [1.82, 2.24) is 9.99 Å². The molecule has 0 radical (unpaired) electrons. The minimum absolute atomic E-state index is 0.176. The van der Waals surface area contributed by atoms with Gasteiger partial charge < -0.3 is 14.0 Å². The Morgan fingerprint density at radius 2 is 1.65 bits per heavy atom. The van der Waals surface area contributed by atoms with Crippen LogP contribution in [0, 0.1) is 6.92 Å². The molecule has 0 aliphatic carbocycles. The summed E-state index contributed by atoms with van der Waals surface area (Å²) in [5.74, 6) is 0.481. The second kappa shape index (κ2) is 13.8. The third-order valence-electron chi connectivity index (χ3n) is 6.63. The molecule has 0 saturated carbocycles. The second-order valence-electron chi connectivity index (χ2n) is 9.59. The van der Waals surface area contributed by atoms with Gasteiger partial charge in [-0.1, -0.05) is 71.2 Å². The molecule has 6 nitrogen and oxygen atoms in total. The summed E-state index contributed by atoms with van der Waals surface area (Å²) in [6.45, 7) is 4.49. The summed E-state index contributed by atoms with van der Waals surface area (Å²) in [6.07, 6.45) is 1.50. The number of rotatable bonds is 10. The monoisotopic (exact) mass is 631 g/mol. The maximum Gasteiger partial charge on any atom is 0.271 e. The molecule has 0 unspecified atom stereocenters.